The van der Waals surface area contributed by atoms with Gasteiger partial charge in [-0.05, 0) is 86.6 Å². The number of hydrogen-bond donors (Lipinski definition) is 0. The Morgan fingerprint density at radius 2 is 1.42 bits per heavy atom. The summed E-state index contributed by atoms with van der Waals surface area (Å²) in [4.78, 5) is 2.84. The Labute approximate surface area is 271 Å². The summed E-state index contributed by atoms with van der Waals surface area (Å²) in [5.41, 5.74) is 10.9. The number of aromatic nitrogens is 1. The molecule has 3 nitrogen and oxygen atoms in total. The minimum Gasteiger partial charge on any atom is -0.343 e. The van der Waals surface area contributed by atoms with Gasteiger partial charge in [-0.1, -0.05) is 95.7 Å². The van der Waals surface area contributed by atoms with E-state index < -0.39 is 0 Å². The van der Waals surface area contributed by atoms with Gasteiger partial charge in [0.2, 0.25) is 0 Å². The number of fused-ring (bicyclic) bond motifs is 5. The van der Waals surface area contributed by atoms with Gasteiger partial charge in [0.1, 0.15) is 24.3 Å². The summed E-state index contributed by atoms with van der Waals surface area (Å²) in [6.45, 7) is 12.1. The zero-order valence-electron chi connectivity index (χ0n) is 28.6. The lowest BCUT2D eigenvalue weighted by atomic mass is 9.61. The average molecular weight is 601 g/mol. The fourth-order valence-electron chi connectivity index (χ4n) is 10.6. The van der Waals surface area contributed by atoms with Gasteiger partial charge >= 0.3 is 0 Å². The first-order valence-electron chi connectivity index (χ1n) is 18.5. The lowest BCUT2D eigenvalue weighted by Gasteiger charge is -2.48. The van der Waals surface area contributed by atoms with Gasteiger partial charge in [-0.25, -0.2) is 4.90 Å². The summed E-state index contributed by atoms with van der Waals surface area (Å²) in [6.07, 6.45) is 15.9. The van der Waals surface area contributed by atoms with Crippen LogP contribution < -0.4 is 4.90 Å². The Balaban J connectivity index is 1.47. The van der Waals surface area contributed by atoms with Crippen LogP contribution in [0.4, 0.5) is 5.69 Å². The van der Waals surface area contributed by atoms with E-state index in [0.717, 1.165) is 25.9 Å². The summed E-state index contributed by atoms with van der Waals surface area (Å²) in [5, 5.41) is 2.98. The highest BCUT2D eigenvalue weighted by molar-refractivity contribution is 6.21. The lowest BCUT2D eigenvalue weighted by molar-refractivity contribution is -0.612. The normalized spacial score (nSPS) is 26.2. The fourth-order valence-corrected chi connectivity index (χ4v) is 10.6. The van der Waals surface area contributed by atoms with E-state index in [-0.39, 0.29) is 11.0 Å². The number of nitrogens with zero attached hydrogens (tertiary/aromatic N) is 3. The van der Waals surface area contributed by atoms with Crippen LogP contribution in [-0.4, -0.2) is 33.6 Å². The van der Waals surface area contributed by atoms with Crippen LogP contribution in [0.5, 0.6) is 0 Å². The first kappa shape index (κ1) is 29.3. The average Bonchev–Trinajstić information content (AvgIpc) is 3.67. The summed E-state index contributed by atoms with van der Waals surface area (Å²) in [5.74, 6) is 2.79. The third-order valence-corrected chi connectivity index (χ3v) is 13.6. The van der Waals surface area contributed by atoms with Gasteiger partial charge in [-0.3, -0.25) is 4.58 Å². The number of anilines is 1. The molecule has 0 spiro atoms. The first-order chi connectivity index (χ1) is 21.9. The molecule has 0 bridgehead atoms. The molecule has 4 aliphatic rings. The van der Waals surface area contributed by atoms with Crippen LogP contribution in [0.1, 0.15) is 139 Å². The van der Waals surface area contributed by atoms with Gasteiger partial charge < -0.3 is 4.57 Å². The maximum atomic E-state index is 2.86. The second-order valence-corrected chi connectivity index (χ2v) is 15.4. The van der Waals surface area contributed by atoms with Crippen LogP contribution in [0.15, 0.2) is 54.6 Å². The molecule has 2 atom stereocenters. The molecule has 0 amide bonds. The maximum Gasteiger partial charge on any atom is 0.285 e. The minimum absolute atomic E-state index is 0.0606. The molecular weight excluding hydrogens is 546 g/mol. The van der Waals surface area contributed by atoms with Crippen molar-refractivity contribution >= 4 is 33.3 Å². The molecule has 0 saturated heterocycles. The predicted octanol–water partition coefficient (Wildman–Crippen LogP) is 10.6. The molecule has 0 N–H and O–H groups in total. The van der Waals surface area contributed by atoms with Crippen molar-refractivity contribution in [1.29, 1.82) is 0 Å². The Bertz CT molecular complexity index is 1800. The summed E-state index contributed by atoms with van der Waals surface area (Å²) >= 11 is 0. The molecule has 3 heteroatoms. The second-order valence-electron chi connectivity index (χ2n) is 15.4. The van der Waals surface area contributed by atoms with E-state index in [0.29, 0.717) is 11.8 Å². The smallest absolute Gasteiger partial charge is 0.285 e. The molecule has 45 heavy (non-hydrogen) atoms. The molecule has 2 saturated carbocycles. The highest BCUT2D eigenvalue weighted by Gasteiger charge is 2.58. The highest BCUT2D eigenvalue weighted by Crippen LogP contribution is 2.53. The summed E-state index contributed by atoms with van der Waals surface area (Å²) in [7, 11) is 2.35. The molecule has 236 valence electrons. The summed E-state index contributed by atoms with van der Waals surface area (Å²) in [6, 6.07) is 21.5. The van der Waals surface area contributed by atoms with E-state index in [1.54, 1.807) is 22.4 Å². The van der Waals surface area contributed by atoms with Gasteiger partial charge in [0.15, 0.2) is 0 Å². The van der Waals surface area contributed by atoms with Crippen molar-refractivity contribution in [3.05, 3.63) is 76.9 Å². The van der Waals surface area contributed by atoms with Crippen LogP contribution in [0.25, 0.3) is 21.8 Å². The Kier molecular flexibility index (Phi) is 7.19. The number of amidine groups is 1. The van der Waals surface area contributed by atoms with Crippen LogP contribution in [0.2, 0.25) is 0 Å². The molecule has 3 heterocycles. The number of aryl methyl sites for hydroxylation is 1. The largest absolute Gasteiger partial charge is 0.343 e. The molecule has 8 rings (SSSR count). The SMILES string of the molecule is CCC1(C)c2ccccc2C2=[N+](CCN2c2c(C3CCCCC3)cc(C3CCCCC3)c3c2c2ccccc2n3C)C1(C)CC. The van der Waals surface area contributed by atoms with E-state index in [2.05, 4.69) is 103 Å². The molecule has 1 aromatic heterocycles. The predicted molar refractivity (Wildman–Crippen MR) is 191 cm³/mol. The van der Waals surface area contributed by atoms with Crippen molar-refractivity contribution in [2.24, 2.45) is 7.05 Å². The standard InChI is InChI=1S/C42H54N3/c1-6-41(3)35-24-16-14-22-31(35)40-44(26-27-45(40)42(41,4)7-2)39-34(30-20-12-9-13-21-30)28-33(29-18-10-8-11-19-29)38-37(39)32-23-15-17-25-36(32)43(38)5/h14-17,22-25,28-30H,6-13,18-21,26-27H2,1-5H3/q+1. The zero-order chi connectivity index (χ0) is 30.9. The van der Waals surface area contributed by atoms with E-state index in [9.17, 15) is 0 Å². The van der Waals surface area contributed by atoms with E-state index in [1.807, 2.05) is 0 Å². The van der Waals surface area contributed by atoms with Crippen LogP contribution >= 0.6 is 0 Å². The number of rotatable bonds is 5. The number of para-hydroxylation sites is 1. The van der Waals surface area contributed by atoms with E-state index in [1.165, 1.54) is 97.4 Å². The van der Waals surface area contributed by atoms with Crippen LogP contribution in [0.3, 0.4) is 0 Å². The molecule has 2 aliphatic carbocycles. The van der Waals surface area contributed by atoms with Crippen LogP contribution in [0, 0.1) is 0 Å². The van der Waals surface area contributed by atoms with Crippen molar-refractivity contribution < 1.29 is 4.58 Å². The van der Waals surface area contributed by atoms with Crippen molar-refractivity contribution in [3.63, 3.8) is 0 Å². The number of benzene rings is 3. The van der Waals surface area contributed by atoms with Gasteiger partial charge in [0.25, 0.3) is 5.84 Å². The molecule has 2 unspecified atom stereocenters. The molecule has 4 aromatic rings. The Hall–Kier alpha value is -3.07. The van der Waals surface area contributed by atoms with E-state index >= 15 is 0 Å². The van der Waals surface area contributed by atoms with Crippen molar-refractivity contribution in [3.8, 4) is 0 Å². The van der Waals surface area contributed by atoms with Crippen molar-refractivity contribution in [1.82, 2.24) is 4.57 Å². The molecule has 3 aromatic carbocycles. The lowest BCUT2D eigenvalue weighted by Crippen LogP contribution is -2.59. The maximum absolute atomic E-state index is 2.86. The van der Waals surface area contributed by atoms with Gasteiger partial charge in [-0.2, -0.15) is 0 Å². The second kappa shape index (κ2) is 11.0. The third-order valence-electron chi connectivity index (χ3n) is 13.6. The molecule has 2 fully saturated rings. The quantitative estimate of drug-likeness (QED) is 0.207. The summed E-state index contributed by atoms with van der Waals surface area (Å²) < 4.78 is 5.43. The van der Waals surface area contributed by atoms with Crippen LogP contribution in [-0.2, 0) is 12.5 Å². The van der Waals surface area contributed by atoms with E-state index in [4.69, 9.17) is 0 Å². The highest BCUT2D eigenvalue weighted by atomic mass is 15.3. The number of hydrogen-bond acceptors (Lipinski definition) is 1. The van der Waals surface area contributed by atoms with Crippen molar-refractivity contribution in [2.75, 3.05) is 18.0 Å². The van der Waals surface area contributed by atoms with Gasteiger partial charge in [-0.15, -0.1) is 0 Å². The Morgan fingerprint density at radius 1 is 0.778 bits per heavy atom. The van der Waals surface area contributed by atoms with Gasteiger partial charge in [0.05, 0.1) is 16.5 Å². The molecule has 0 radical (unpaired) electrons. The molecule has 2 aliphatic heterocycles. The monoisotopic (exact) mass is 600 g/mol. The minimum atomic E-state index is 0.0606. The fraction of sp³-hybridized carbons (Fsp3) is 0.548. The first-order valence-corrected chi connectivity index (χ1v) is 18.5. The zero-order valence-corrected chi connectivity index (χ0v) is 28.6. The van der Waals surface area contributed by atoms with Crippen molar-refractivity contribution in [2.45, 2.75) is 128 Å². The molecular formula is C42H54N3+. The van der Waals surface area contributed by atoms with Gasteiger partial charge in [0, 0.05) is 28.9 Å². The third kappa shape index (κ3) is 4.10. The Morgan fingerprint density at radius 3 is 2.11 bits per heavy atom. The topological polar surface area (TPSA) is 11.2 Å².